The van der Waals surface area contributed by atoms with Crippen LogP contribution in [0.4, 0.5) is 8.78 Å². The molecule has 0 saturated carbocycles. The molecule has 0 radical (unpaired) electrons. The van der Waals surface area contributed by atoms with Gasteiger partial charge in [0.15, 0.2) is 11.6 Å². The Balaban J connectivity index is 1.71. The van der Waals surface area contributed by atoms with E-state index in [1.54, 1.807) is 19.4 Å². The van der Waals surface area contributed by atoms with Crippen LogP contribution in [0.15, 0.2) is 47.8 Å². The van der Waals surface area contributed by atoms with Crippen molar-refractivity contribution >= 4 is 17.2 Å². The highest BCUT2D eigenvalue weighted by Gasteiger charge is 2.16. The summed E-state index contributed by atoms with van der Waals surface area (Å²) in [5.74, 6) is -1.50. The van der Waals surface area contributed by atoms with Crippen molar-refractivity contribution in [3.8, 4) is 16.3 Å². The largest absolute Gasteiger partial charge is 0.497 e. The smallest absolute Gasteiger partial charge is 0.271 e. The molecule has 1 atom stereocenters. The first-order valence-corrected chi connectivity index (χ1v) is 8.71. The molecule has 2 aromatic carbocycles. The quantitative estimate of drug-likeness (QED) is 0.711. The first-order valence-electron chi connectivity index (χ1n) is 7.83. The lowest BCUT2D eigenvalue weighted by Gasteiger charge is -2.13. The highest BCUT2D eigenvalue weighted by molar-refractivity contribution is 7.13. The monoisotopic (exact) mass is 374 g/mol. The zero-order valence-electron chi connectivity index (χ0n) is 14.1. The van der Waals surface area contributed by atoms with Gasteiger partial charge in [-0.25, -0.2) is 13.8 Å². The van der Waals surface area contributed by atoms with E-state index in [4.69, 9.17) is 4.74 Å². The van der Waals surface area contributed by atoms with Crippen molar-refractivity contribution in [1.82, 2.24) is 10.3 Å². The molecular formula is C19H16F2N2O2S. The van der Waals surface area contributed by atoms with Crippen LogP contribution in [0, 0.1) is 11.6 Å². The van der Waals surface area contributed by atoms with Gasteiger partial charge in [-0.05, 0) is 48.9 Å². The van der Waals surface area contributed by atoms with Gasteiger partial charge in [-0.15, -0.1) is 11.3 Å². The van der Waals surface area contributed by atoms with Crippen LogP contribution in [0.2, 0.25) is 0 Å². The van der Waals surface area contributed by atoms with Gasteiger partial charge in [0.1, 0.15) is 16.5 Å². The second kappa shape index (κ2) is 7.61. The number of nitrogens with zero attached hydrogens (tertiary/aromatic N) is 1. The van der Waals surface area contributed by atoms with Gasteiger partial charge in [0, 0.05) is 10.9 Å². The van der Waals surface area contributed by atoms with E-state index in [0.717, 1.165) is 23.4 Å². The number of aromatic nitrogens is 1. The molecule has 0 aliphatic rings. The number of hydrogen-bond acceptors (Lipinski definition) is 4. The van der Waals surface area contributed by atoms with Crippen LogP contribution in [0.5, 0.6) is 5.75 Å². The predicted octanol–water partition coefficient (Wildman–Crippen LogP) is 4.59. The highest BCUT2D eigenvalue weighted by atomic mass is 32.1. The number of hydrogen-bond donors (Lipinski definition) is 1. The highest BCUT2D eigenvalue weighted by Crippen LogP contribution is 2.26. The summed E-state index contributed by atoms with van der Waals surface area (Å²) in [4.78, 5) is 16.7. The van der Waals surface area contributed by atoms with Crippen molar-refractivity contribution in [3.05, 3.63) is 70.7 Å². The van der Waals surface area contributed by atoms with Crippen LogP contribution < -0.4 is 10.1 Å². The van der Waals surface area contributed by atoms with Gasteiger partial charge in [-0.3, -0.25) is 4.79 Å². The summed E-state index contributed by atoms with van der Waals surface area (Å²) in [5.41, 5.74) is 1.63. The van der Waals surface area contributed by atoms with Gasteiger partial charge in [0.2, 0.25) is 0 Å². The first-order chi connectivity index (χ1) is 12.5. The molecule has 1 N–H and O–H groups in total. The van der Waals surface area contributed by atoms with Gasteiger partial charge in [-0.1, -0.05) is 6.07 Å². The number of carbonyl (C=O) groups excluding carboxylic acids is 1. The van der Waals surface area contributed by atoms with E-state index < -0.39 is 17.7 Å². The average Bonchev–Trinajstić information content (AvgIpc) is 3.14. The Hall–Kier alpha value is -2.80. The molecule has 7 heteroatoms. The third kappa shape index (κ3) is 3.88. The third-order valence-corrected chi connectivity index (χ3v) is 4.76. The van der Waals surface area contributed by atoms with E-state index in [2.05, 4.69) is 10.3 Å². The van der Waals surface area contributed by atoms with E-state index in [1.165, 1.54) is 17.4 Å². The number of ether oxygens (including phenoxy) is 1. The van der Waals surface area contributed by atoms with Crippen LogP contribution >= 0.6 is 11.3 Å². The summed E-state index contributed by atoms with van der Waals surface area (Å²) >= 11 is 1.35. The minimum atomic E-state index is -0.945. The third-order valence-electron chi connectivity index (χ3n) is 3.87. The number of benzene rings is 2. The molecule has 1 aromatic heterocycles. The fraction of sp³-hybridized carbons (Fsp3) is 0.158. The number of amides is 1. The number of rotatable bonds is 5. The summed E-state index contributed by atoms with van der Waals surface area (Å²) in [6.07, 6.45) is 0. The minimum Gasteiger partial charge on any atom is -0.497 e. The molecule has 26 heavy (non-hydrogen) atoms. The molecule has 0 fully saturated rings. The Morgan fingerprint density at radius 2 is 1.88 bits per heavy atom. The zero-order valence-corrected chi connectivity index (χ0v) is 14.9. The van der Waals surface area contributed by atoms with Gasteiger partial charge < -0.3 is 10.1 Å². The van der Waals surface area contributed by atoms with Crippen molar-refractivity contribution in [2.75, 3.05) is 7.11 Å². The van der Waals surface area contributed by atoms with Gasteiger partial charge in [0.05, 0.1) is 13.2 Å². The fourth-order valence-electron chi connectivity index (χ4n) is 2.38. The van der Waals surface area contributed by atoms with E-state index in [0.29, 0.717) is 10.6 Å². The SMILES string of the molecule is COc1ccc(-c2nc(C(=O)N[C@@H](C)c3ccc(F)c(F)c3)cs2)cc1. The molecule has 0 unspecified atom stereocenters. The van der Waals surface area contributed by atoms with Crippen molar-refractivity contribution < 1.29 is 18.3 Å². The Morgan fingerprint density at radius 3 is 2.54 bits per heavy atom. The lowest BCUT2D eigenvalue weighted by atomic mass is 10.1. The topological polar surface area (TPSA) is 51.2 Å². The molecule has 3 aromatic rings. The van der Waals surface area contributed by atoms with Crippen LogP contribution in [0.3, 0.4) is 0 Å². The van der Waals surface area contributed by atoms with Crippen molar-refractivity contribution in [1.29, 1.82) is 0 Å². The van der Waals surface area contributed by atoms with Gasteiger partial charge >= 0.3 is 0 Å². The molecule has 1 amide bonds. The maximum atomic E-state index is 13.3. The van der Waals surface area contributed by atoms with Gasteiger partial charge in [0.25, 0.3) is 5.91 Å². The Morgan fingerprint density at radius 1 is 1.15 bits per heavy atom. The summed E-state index contributed by atoms with van der Waals surface area (Å²) in [6.45, 7) is 1.70. The normalized spacial score (nSPS) is 11.8. The summed E-state index contributed by atoms with van der Waals surface area (Å²) in [6, 6.07) is 10.4. The second-order valence-electron chi connectivity index (χ2n) is 5.64. The average molecular weight is 374 g/mol. The van der Waals surface area contributed by atoms with Crippen LogP contribution in [0.1, 0.15) is 29.0 Å². The van der Waals surface area contributed by atoms with E-state index in [9.17, 15) is 13.6 Å². The minimum absolute atomic E-state index is 0.273. The molecule has 4 nitrogen and oxygen atoms in total. The zero-order chi connectivity index (χ0) is 18.7. The lowest BCUT2D eigenvalue weighted by molar-refractivity contribution is 0.0935. The van der Waals surface area contributed by atoms with Gasteiger partial charge in [-0.2, -0.15) is 0 Å². The van der Waals surface area contributed by atoms with E-state index >= 15 is 0 Å². The molecule has 3 rings (SSSR count). The molecule has 1 heterocycles. The van der Waals surface area contributed by atoms with Crippen molar-refractivity contribution in [2.45, 2.75) is 13.0 Å². The number of halogens is 2. The van der Waals surface area contributed by atoms with Crippen molar-refractivity contribution in [2.24, 2.45) is 0 Å². The molecule has 0 aliphatic carbocycles. The fourth-order valence-corrected chi connectivity index (χ4v) is 3.19. The standard InChI is InChI=1S/C19H16F2N2O2S/c1-11(13-5-8-15(20)16(21)9-13)22-18(24)17-10-26-19(23-17)12-3-6-14(25-2)7-4-12/h3-11H,1-2H3,(H,22,24)/t11-/m0/s1. The molecule has 0 aliphatic heterocycles. The molecule has 0 bridgehead atoms. The predicted molar refractivity (Wildman–Crippen MR) is 96.3 cm³/mol. The van der Waals surface area contributed by atoms with Crippen LogP contribution in [0.25, 0.3) is 10.6 Å². The van der Waals surface area contributed by atoms with Crippen LogP contribution in [-0.2, 0) is 0 Å². The summed E-state index contributed by atoms with van der Waals surface area (Å²) in [7, 11) is 1.59. The molecule has 0 spiro atoms. The van der Waals surface area contributed by atoms with Crippen molar-refractivity contribution in [3.63, 3.8) is 0 Å². The number of thiazole rings is 1. The summed E-state index contributed by atoms with van der Waals surface area (Å²) in [5, 5.41) is 5.10. The number of carbonyl (C=O) groups is 1. The number of methoxy groups -OCH3 is 1. The molecule has 134 valence electrons. The van der Waals surface area contributed by atoms with E-state index in [-0.39, 0.29) is 11.6 Å². The Labute approximate surface area is 153 Å². The van der Waals surface area contributed by atoms with Crippen LogP contribution in [-0.4, -0.2) is 18.0 Å². The van der Waals surface area contributed by atoms with E-state index in [1.807, 2.05) is 24.3 Å². The maximum Gasteiger partial charge on any atom is 0.271 e. The summed E-state index contributed by atoms with van der Waals surface area (Å²) < 4.78 is 31.5. The second-order valence-corrected chi connectivity index (χ2v) is 6.49. The number of nitrogens with one attached hydrogen (secondary N) is 1. The maximum absolute atomic E-state index is 13.3. The Kier molecular flexibility index (Phi) is 5.27. The molecule has 0 saturated heterocycles. The Bertz CT molecular complexity index is 926. The lowest BCUT2D eigenvalue weighted by Crippen LogP contribution is -2.27. The first kappa shape index (κ1) is 18.0. The molecular weight excluding hydrogens is 358 g/mol.